The molecule has 2 rings (SSSR count). The maximum atomic E-state index is 9.40. The molecule has 16 heavy (non-hydrogen) atoms. The second-order valence-electron chi connectivity index (χ2n) is 4.40. The Hall–Kier alpha value is -1.13. The third-order valence-corrected chi connectivity index (χ3v) is 3.37. The Morgan fingerprint density at radius 1 is 1.56 bits per heavy atom. The van der Waals surface area contributed by atoms with E-state index in [9.17, 15) is 5.11 Å². The normalized spacial score (nSPS) is 25.1. The molecule has 1 aromatic heterocycles. The van der Waals surface area contributed by atoms with E-state index in [2.05, 4.69) is 16.8 Å². The van der Waals surface area contributed by atoms with Crippen LogP contribution < -0.4 is 10.6 Å². The molecule has 3 N–H and O–H groups in total. The zero-order valence-corrected chi connectivity index (χ0v) is 9.63. The smallest absolute Gasteiger partial charge is 0.129 e. The number of hydrogen-bond acceptors (Lipinski definition) is 4. The molecule has 0 spiro atoms. The van der Waals surface area contributed by atoms with E-state index in [-0.39, 0.29) is 12.6 Å². The van der Waals surface area contributed by atoms with E-state index in [1.807, 2.05) is 18.2 Å². The predicted molar refractivity (Wildman–Crippen MR) is 64.1 cm³/mol. The summed E-state index contributed by atoms with van der Waals surface area (Å²) in [6.45, 7) is 3.79. The quantitative estimate of drug-likeness (QED) is 0.790. The molecule has 0 saturated carbocycles. The van der Waals surface area contributed by atoms with Crippen LogP contribution in [0, 0.1) is 5.92 Å². The van der Waals surface area contributed by atoms with Gasteiger partial charge in [-0.2, -0.15) is 0 Å². The molecule has 1 saturated heterocycles. The first-order valence-corrected chi connectivity index (χ1v) is 5.79. The molecule has 0 bridgehead atoms. The van der Waals surface area contributed by atoms with Gasteiger partial charge >= 0.3 is 0 Å². The maximum absolute atomic E-state index is 9.40. The van der Waals surface area contributed by atoms with Crippen LogP contribution in [-0.2, 0) is 6.54 Å². The molecule has 4 nitrogen and oxygen atoms in total. The molecule has 2 heterocycles. The summed E-state index contributed by atoms with van der Waals surface area (Å²) in [5, 5.41) is 9.40. The van der Waals surface area contributed by atoms with Crippen LogP contribution in [0.5, 0.6) is 0 Å². The van der Waals surface area contributed by atoms with Gasteiger partial charge in [0, 0.05) is 13.1 Å². The number of pyridine rings is 1. The molecule has 0 aromatic carbocycles. The van der Waals surface area contributed by atoms with Gasteiger partial charge in [0.15, 0.2) is 0 Å². The van der Waals surface area contributed by atoms with Crippen molar-refractivity contribution in [3.05, 3.63) is 23.9 Å². The molecule has 0 aliphatic carbocycles. The molecule has 2 unspecified atom stereocenters. The number of rotatable bonds is 3. The lowest BCUT2D eigenvalue weighted by Gasteiger charge is -2.26. The van der Waals surface area contributed by atoms with Crippen molar-refractivity contribution in [3.63, 3.8) is 0 Å². The lowest BCUT2D eigenvalue weighted by Crippen LogP contribution is -2.35. The van der Waals surface area contributed by atoms with E-state index in [0.29, 0.717) is 12.5 Å². The number of aromatic nitrogens is 1. The first-order valence-electron chi connectivity index (χ1n) is 5.79. The van der Waals surface area contributed by atoms with Crippen LogP contribution in [0.3, 0.4) is 0 Å². The van der Waals surface area contributed by atoms with Gasteiger partial charge in [-0.1, -0.05) is 13.0 Å². The molecule has 0 amide bonds. The van der Waals surface area contributed by atoms with Gasteiger partial charge in [0.1, 0.15) is 5.82 Å². The predicted octanol–water partition coefficient (Wildman–Crippen LogP) is 0.747. The van der Waals surface area contributed by atoms with Crippen LogP contribution in [0.25, 0.3) is 0 Å². The Bertz CT molecular complexity index is 356. The fraction of sp³-hybridized carbons (Fsp3) is 0.583. The minimum Gasteiger partial charge on any atom is -0.394 e. The highest BCUT2D eigenvalue weighted by molar-refractivity contribution is 5.42. The molecule has 0 radical (unpaired) electrons. The second kappa shape index (κ2) is 4.80. The van der Waals surface area contributed by atoms with Crippen molar-refractivity contribution < 1.29 is 5.11 Å². The van der Waals surface area contributed by atoms with Crippen LogP contribution in [0.1, 0.15) is 19.0 Å². The van der Waals surface area contributed by atoms with Crippen LogP contribution in [-0.4, -0.2) is 29.3 Å². The molecular weight excluding hydrogens is 202 g/mol. The van der Waals surface area contributed by atoms with Crippen molar-refractivity contribution in [2.24, 2.45) is 11.7 Å². The van der Waals surface area contributed by atoms with Gasteiger partial charge in [-0.05, 0) is 24.5 Å². The summed E-state index contributed by atoms with van der Waals surface area (Å²) in [5.74, 6) is 1.46. The highest BCUT2D eigenvalue weighted by atomic mass is 16.3. The summed E-state index contributed by atoms with van der Waals surface area (Å²) < 4.78 is 0. The molecule has 1 aromatic rings. The summed E-state index contributed by atoms with van der Waals surface area (Å²) in [4.78, 5) is 6.68. The Morgan fingerprint density at radius 2 is 2.38 bits per heavy atom. The van der Waals surface area contributed by atoms with Crippen LogP contribution in [0.4, 0.5) is 5.82 Å². The van der Waals surface area contributed by atoms with Crippen molar-refractivity contribution in [2.45, 2.75) is 25.9 Å². The molecule has 1 fully saturated rings. The van der Waals surface area contributed by atoms with E-state index in [1.54, 1.807) is 0 Å². The van der Waals surface area contributed by atoms with Crippen molar-refractivity contribution in [3.8, 4) is 0 Å². The van der Waals surface area contributed by atoms with Crippen LogP contribution in [0.2, 0.25) is 0 Å². The molecular formula is C12H19N3O. The largest absolute Gasteiger partial charge is 0.394 e. The number of nitrogens with two attached hydrogens (primary N) is 1. The fourth-order valence-corrected chi connectivity index (χ4v) is 2.31. The van der Waals surface area contributed by atoms with Crippen molar-refractivity contribution in [2.75, 3.05) is 18.1 Å². The number of nitrogens with zero attached hydrogens (tertiary/aromatic N) is 2. The number of anilines is 1. The number of hydrogen-bond donors (Lipinski definition) is 2. The van der Waals surface area contributed by atoms with Gasteiger partial charge in [-0.15, -0.1) is 0 Å². The SMILES string of the molecule is CC1CCN(c2cccc(CN)n2)C1CO. The van der Waals surface area contributed by atoms with E-state index in [4.69, 9.17) is 5.73 Å². The monoisotopic (exact) mass is 221 g/mol. The Morgan fingerprint density at radius 3 is 3.06 bits per heavy atom. The minimum absolute atomic E-state index is 0.190. The molecule has 1 aliphatic heterocycles. The number of aliphatic hydroxyl groups is 1. The molecule has 2 atom stereocenters. The van der Waals surface area contributed by atoms with E-state index in [0.717, 1.165) is 24.5 Å². The average Bonchev–Trinajstić information content (AvgIpc) is 2.70. The first-order chi connectivity index (χ1) is 7.76. The summed E-state index contributed by atoms with van der Waals surface area (Å²) in [6.07, 6.45) is 1.11. The Balaban J connectivity index is 2.22. The standard InChI is InChI=1S/C12H19N3O/c1-9-5-6-15(11(9)8-16)12-4-2-3-10(7-13)14-12/h2-4,9,11,16H,5-8,13H2,1H3. The third kappa shape index (κ3) is 2.03. The van der Waals surface area contributed by atoms with Crippen molar-refractivity contribution in [1.82, 2.24) is 4.98 Å². The number of aliphatic hydroxyl groups excluding tert-OH is 1. The van der Waals surface area contributed by atoms with E-state index in [1.165, 1.54) is 0 Å². The summed E-state index contributed by atoms with van der Waals surface area (Å²) in [6, 6.07) is 6.08. The highest BCUT2D eigenvalue weighted by Crippen LogP contribution is 2.28. The zero-order valence-electron chi connectivity index (χ0n) is 9.63. The van der Waals surface area contributed by atoms with Gasteiger partial charge in [-0.3, -0.25) is 0 Å². The first kappa shape index (κ1) is 11.4. The summed E-state index contributed by atoms with van der Waals surface area (Å²) in [5.41, 5.74) is 6.48. The molecule has 4 heteroatoms. The van der Waals surface area contributed by atoms with Crippen LogP contribution in [0.15, 0.2) is 18.2 Å². The van der Waals surface area contributed by atoms with Crippen LogP contribution >= 0.6 is 0 Å². The minimum atomic E-state index is 0.190. The Kier molecular flexibility index (Phi) is 3.41. The summed E-state index contributed by atoms with van der Waals surface area (Å²) >= 11 is 0. The lowest BCUT2D eigenvalue weighted by atomic mass is 10.0. The molecule has 88 valence electrons. The van der Waals surface area contributed by atoms with E-state index >= 15 is 0 Å². The third-order valence-electron chi connectivity index (χ3n) is 3.37. The topological polar surface area (TPSA) is 62.4 Å². The van der Waals surface area contributed by atoms with Crippen molar-refractivity contribution >= 4 is 5.82 Å². The highest BCUT2D eigenvalue weighted by Gasteiger charge is 2.31. The van der Waals surface area contributed by atoms with Gasteiger partial charge in [-0.25, -0.2) is 4.98 Å². The zero-order chi connectivity index (χ0) is 11.5. The Labute approximate surface area is 96.1 Å². The van der Waals surface area contributed by atoms with Gasteiger partial charge < -0.3 is 15.7 Å². The second-order valence-corrected chi connectivity index (χ2v) is 4.40. The molecule has 1 aliphatic rings. The fourth-order valence-electron chi connectivity index (χ4n) is 2.31. The van der Waals surface area contributed by atoms with Gasteiger partial charge in [0.05, 0.1) is 18.3 Å². The average molecular weight is 221 g/mol. The maximum Gasteiger partial charge on any atom is 0.129 e. The van der Waals surface area contributed by atoms with E-state index < -0.39 is 0 Å². The summed E-state index contributed by atoms with van der Waals surface area (Å²) in [7, 11) is 0. The van der Waals surface area contributed by atoms with Crippen molar-refractivity contribution in [1.29, 1.82) is 0 Å². The van der Waals surface area contributed by atoms with Gasteiger partial charge in [0.2, 0.25) is 0 Å². The lowest BCUT2D eigenvalue weighted by molar-refractivity contribution is 0.244. The van der Waals surface area contributed by atoms with Gasteiger partial charge in [0.25, 0.3) is 0 Å².